The maximum absolute atomic E-state index is 3.79. The van der Waals surface area contributed by atoms with Crippen LogP contribution >= 0.6 is 0 Å². The summed E-state index contributed by atoms with van der Waals surface area (Å²) in [7, 11) is 6.08. The van der Waals surface area contributed by atoms with Crippen LogP contribution in [0, 0.1) is 21.8 Å². The smallest absolute Gasteiger partial charge is 0.0983 e. The first-order valence-electron chi connectivity index (χ1n) is 5.13. The minimum atomic E-state index is 0. The Morgan fingerprint density at radius 2 is 1.50 bits per heavy atom. The SMILES string of the molecule is [CH2-]C[N+](C)=[C-]Cc1ccc(N(C)C)cc1.[CH3-].[CH3-].[Y].[Y].[Y]. The fraction of sp³-hybridized carbons (Fsp3) is 0.333. The summed E-state index contributed by atoms with van der Waals surface area (Å²) < 4.78 is 1.97. The van der Waals surface area contributed by atoms with Crippen molar-refractivity contribution in [1.82, 2.24) is 0 Å². The molecule has 0 amide bonds. The van der Waals surface area contributed by atoms with Crippen molar-refractivity contribution in [3.63, 3.8) is 0 Å². The van der Waals surface area contributed by atoms with Gasteiger partial charge >= 0.3 is 0 Å². The molecule has 20 heavy (non-hydrogen) atoms. The first-order chi connectivity index (χ1) is 7.13. The molecule has 3 radical (unpaired) electrons. The van der Waals surface area contributed by atoms with Crippen LogP contribution in [0.3, 0.4) is 0 Å². The van der Waals surface area contributed by atoms with Crippen molar-refractivity contribution in [3.8, 4) is 0 Å². The number of anilines is 1. The molecule has 0 bridgehead atoms. The van der Waals surface area contributed by atoms with Gasteiger partial charge in [-0.25, -0.2) is 0 Å². The molecule has 0 aliphatic carbocycles. The molecule has 0 aliphatic rings. The van der Waals surface area contributed by atoms with E-state index in [0.717, 1.165) is 13.0 Å². The summed E-state index contributed by atoms with van der Waals surface area (Å²) in [6, 6.07) is 8.53. The molecule has 1 rings (SSSR count). The summed E-state index contributed by atoms with van der Waals surface area (Å²) in [4.78, 5) is 2.10. The first kappa shape index (κ1) is 33.6. The Hall–Kier alpha value is 2.00. The van der Waals surface area contributed by atoms with Crippen LogP contribution < -0.4 is 4.90 Å². The molecule has 107 valence electrons. The van der Waals surface area contributed by atoms with E-state index in [9.17, 15) is 0 Å². The predicted octanol–water partition coefficient (Wildman–Crippen LogP) is 2.61. The third-order valence-electron chi connectivity index (χ3n) is 2.34. The van der Waals surface area contributed by atoms with Crippen molar-refractivity contribution >= 4 is 11.9 Å². The second-order valence-electron chi connectivity index (χ2n) is 3.82. The molecule has 0 saturated carbocycles. The Morgan fingerprint density at radius 1 is 1.05 bits per heavy atom. The van der Waals surface area contributed by atoms with Gasteiger partial charge in [0, 0.05) is 118 Å². The zero-order valence-corrected chi connectivity index (χ0v) is 22.1. The van der Waals surface area contributed by atoms with E-state index in [1.165, 1.54) is 11.3 Å². The fourth-order valence-corrected chi connectivity index (χ4v) is 1.22. The third kappa shape index (κ3) is 13.6. The summed E-state index contributed by atoms with van der Waals surface area (Å²) in [5, 5.41) is 0. The molecule has 1 aromatic carbocycles. The van der Waals surface area contributed by atoms with Crippen LogP contribution in [0.1, 0.15) is 5.56 Å². The largest absolute Gasteiger partial charge is 0.441 e. The molecule has 0 N–H and O–H groups in total. The fourth-order valence-electron chi connectivity index (χ4n) is 1.22. The van der Waals surface area contributed by atoms with Crippen LogP contribution in [-0.2, 0) is 105 Å². The number of benzene rings is 1. The van der Waals surface area contributed by atoms with E-state index in [4.69, 9.17) is 0 Å². The number of rotatable bonds is 4. The van der Waals surface area contributed by atoms with E-state index in [1.54, 1.807) is 0 Å². The second kappa shape index (κ2) is 19.0. The van der Waals surface area contributed by atoms with Crippen LogP contribution in [-0.4, -0.2) is 38.5 Å². The molecule has 0 heterocycles. The topological polar surface area (TPSA) is 6.25 Å². The van der Waals surface area contributed by atoms with Gasteiger partial charge in [0.05, 0.1) is 7.05 Å². The van der Waals surface area contributed by atoms with Gasteiger partial charge in [-0.2, -0.15) is 6.21 Å². The molecule has 0 atom stereocenters. The molecule has 5 heteroatoms. The molecule has 0 unspecified atom stereocenters. The molecule has 0 spiro atoms. The molecular formula is C15H25N2Y3-3. The molecular weight excluding hydrogens is 475 g/mol. The molecule has 0 saturated heterocycles. The van der Waals surface area contributed by atoms with Crippen LogP contribution in [0.25, 0.3) is 0 Å². The van der Waals surface area contributed by atoms with Crippen LogP contribution in [0.2, 0.25) is 0 Å². The van der Waals surface area contributed by atoms with Crippen molar-refractivity contribution in [2.24, 2.45) is 0 Å². The Balaban J connectivity index is -0.000000150. The van der Waals surface area contributed by atoms with Gasteiger partial charge in [-0.05, 0) is 18.7 Å². The summed E-state index contributed by atoms with van der Waals surface area (Å²) >= 11 is 0. The predicted molar refractivity (Wildman–Crippen MR) is 78.7 cm³/mol. The maximum atomic E-state index is 3.79. The van der Waals surface area contributed by atoms with Gasteiger partial charge < -0.3 is 24.3 Å². The van der Waals surface area contributed by atoms with Gasteiger partial charge in [-0.1, -0.05) is 17.7 Å². The molecule has 0 aromatic heterocycles. The Labute approximate surface area is 202 Å². The van der Waals surface area contributed by atoms with Gasteiger partial charge in [0.25, 0.3) is 0 Å². The van der Waals surface area contributed by atoms with Gasteiger partial charge in [0.15, 0.2) is 0 Å². The number of nitrogens with zero attached hydrogens (tertiary/aromatic N) is 2. The summed E-state index contributed by atoms with van der Waals surface area (Å²) in [5.74, 6) is 0. The maximum Gasteiger partial charge on any atom is 0.0983 e. The van der Waals surface area contributed by atoms with Crippen molar-refractivity contribution in [3.05, 3.63) is 51.6 Å². The van der Waals surface area contributed by atoms with E-state index in [2.05, 4.69) is 42.3 Å². The number of hydrogen-bond acceptors (Lipinski definition) is 1. The Bertz CT molecular complexity index is 335. The average molecular weight is 500 g/mol. The third-order valence-corrected chi connectivity index (χ3v) is 2.34. The van der Waals surface area contributed by atoms with E-state index in [-0.39, 0.29) is 113 Å². The van der Waals surface area contributed by atoms with Gasteiger partial charge in [-0.3, -0.25) is 6.92 Å². The van der Waals surface area contributed by atoms with Gasteiger partial charge in [0.2, 0.25) is 0 Å². The summed E-state index contributed by atoms with van der Waals surface area (Å²) in [5.41, 5.74) is 2.50. The summed E-state index contributed by atoms with van der Waals surface area (Å²) in [6.07, 6.45) is 4.10. The van der Waals surface area contributed by atoms with Gasteiger partial charge in [-0.15, -0.1) is 6.42 Å². The standard InChI is InChI=1S/C13H19N2.2CH3.3Y/c1-5-15(4)11-10-12-6-8-13(9-7-12)14(2)3;;;;;/h6-9H,1,5,10H2,2-4H3;2*1H3;;;/q3*-1;;;. The normalized spacial score (nSPS) is 8.70. The zero-order chi connectivity index (χ0) is 11.3. The minimum absolute atomic E-state index is 0. The van der Waals surface area contributed by atoms with E-state index in [0.29, 0.717) is 0 Å². The molecule has 0 aliphatic heterocycles. The molecule has 1 aromatic rings. The van der Waals surface area contributed by atoms with Crippen LogP contribution in [0.5, 0.6) is 0 Å². The van der Waals surface area contributed by atoms with Crippen molar-refractivity contribution in [1.29, 1.82) is 0 Å². The molecule has 0 fully saturated rings. The van der Waals surface area contributed by atoms with Crippen molar-refractivity contribution < 1.29 is 103 Å². The van der Waals surface area contributed by atoms with Crippen molar-refractivity contribution in [2.45, 2.75) is 6.42 Å². The monoisotopic (exact) mass is 500 g/mol. The number of hydrogen-bond donors (Lipinski definition) is 0. The second-order valence-corrected chi connectivity index (χ2v) is 3.82. The summed E-state index contributed by atoms with van der Waals surface area (Å²) in [6.45, 7) is 4.55. The quantitative estimate of drug-likeness (QED) is 0.351. The van der Waals surface area contributed by atoms with Crippen LogP contribution in [0.4, 0.5) is 5.69 Å². The molecule has 2 nitrogen and oxygen atoms in total. The first-order valence-corrected chi connectivity index (χ1v) is 5.13. The average Bonchev–Trinajstić information content (AvgIpc) is 2.26. The van der Waals surface area contributed by atoms with Crippen LogP contribution in [0.15, 0.2) is 24.3 Å². The Morgan fingerprint density at radius 3 is 1.85 bits per heavy atom. The minimum Gasteiger partial charge on any atom is -0.441 e. The van der Waals surface area contributed by atoms with E-state index >= 15 is 0 Å². The Kier molecular flexibility index (Phi) is 32.0. The van der Waals surface area contributed by atoms with E-state index < -0.39 is 0 Å². The van der Waals surface area contributed by atoms with Gasteiger partial charge in [0.1, 0.15) is 0 Å². The van der Waals surface area contributed by atoms with Crippen molar-refractivity contribution in [2.75, 3.05) is 32.6 Å². The van der Waals surface area contributed by atoms with E-state index in [1.807, 2.05) is 25.7 Å². The zero-order valence-electron chi connectivity index (χ0n) is 13.6.